The molecule has 0 aliphatic rings. The molecule has 0 aromatic heterocycles. The molecular weight excluding hydrogens is 104 g/mol. The van der Waals surface area contributed by atoms with Crippen molar-refractivity contribution < 1.29 is 13.0 Å². The van der Waals surface area contributed by atoms with E-state index in [1.165, 1.54) is 0 Å². The summed E-state index contributed by atoms with van der Waals surface area (Å²) in [7, 11) is 0. The molecule has 0 spiro atoms. The lowest BCUT2D eigenvalue weighted by Crippen LogP contribution is -1.63. The third-order valence-corrected chi connectivity index (χ3v) is 0.755. The maximum atomic E-state index is 8.81. The monoisotopic (exact) mass is 112 g/mol. The Hall–Kier alpha value is -1.18. The minimum atomic E-state index is -0.476. The predicted octanol–water partition coefficient (Wildman–Crippen LogP) is 1.10. The Balaban J connectivity index is 3.31. The first-order valence-corrected chi connectivity index (χ1v) is 2.10. The maximum Gasteiger partial charge on any atom is 0.157 e. The van der Waals surface area contributed by atoms with E-state index in [2.05, 4.69) is 0 Å². The highest BCUT2D eigenvalue weighted by molar-refractivity contribution is 5.36. The van der Waals surface area contributed by atoms with Crippen molar-refractivity contribution in [2.45, 2.75) is 0 Å². The number of benzene rings is 1. The molecule has 0 unspecified atom stereocenters. The number of hydrogen-bond donors (Lipinski definition) is 2. The molecule has 1 rings (SSSR count). The highest BCUT2D eigenvalue weighted by atomic mass is 16.3. The van der Waals surface area contributed by atoms with Gasteiger partial charge in [-0.1, -0.05) is 12.1 Å². The normalized spacial score (nSPS) is 12.5. The Bertz CT molecular complexity index is 237. The van der Waals surface area contributed by atoms with Gasteiger partial charge in [0.25, 0.3) is 0 Å². The van der Waals surface area contributed by atoms with Crippen molar-refractivity contribution in [2.24, 2.45) is 0 Å². The first-order chi connectivity index (χ1) is 4.61. The third kappa shape index (κ3) is 0.729. The molecule has 8 heavy (non-hydrogen) atoms. The van der Waals surface area contributed by atoms with E-state index in [0.717, 1.165) is 12.1 Å². The molecule has 1 aromatic rings. The van der Waals surface area contributed by atoms with Gasteiger partial charge < -0.3 is 10.2 Å². The van der Waals surface area contributed by atoms with E-state index in [0.29, 0.717) is 0 Å². The summed E-state index contributed by atoms with van der Waals surface area (Å²) in [6.07, 6.45) is 0. The van der Waals surface area contributed by atoms with E-state index in [4.69, 9.17) is 13.0 Å². The van der Waals surface area contributed by atoms with E-state index in [1.54, 1.807) is 0 Å². The summed E-state index contributed by atoms with van der Waals surface area (Å²) in [5.74, 6) is -0.895. The molecule has 2 heteroatoms. The van der Waals surface area contributed by atoms with Gasteiger partial charge >= 0.3 is 0 Å². The van der Waals surface area contributed by atoms with Gasteiger partial charge in [0.1, 0.15) is 0 Å². The van der Waals surface area contributed by atoms with Crippen LogP contribution in [0.25, 0.3) is 0 Å². The zero-order valence-electron chi connectivity index (χ0n) is 6.05. The van der Waals surface area contributed by atoms with Crippen LogP contribution in [0.5, 0.6) is 11.5 Å². The molecule has 0 fully saturated rings. The average molecular weight is 112 g/mol. The van der Waals surface area contributed by atoms with Gasteiger partial charge in [-0.2, -0.15) is 0 Å². The minimum absolute atomic E-state index is 0.0142. The largest absolute Gasteiger partial charge is 0.504 e. The molecule has 0 atom stereocenters. The molecule has 0 saturated carbocycles. The molecule has 2 N–H and O–H groups in total. The molecule has 2 nitrogen and oxygen atoms in total. The Labute approximate surface area is 49.8 Å². The molecule has 0 amide bonds. The summed E-state index contributed by atoms with van der Waals surface area (Å²) in [4.78, 5) is 0. The lowest BCUT2D eigenvalue weighted by molar-refractivity contribution is 0.404. The number of hydrogen-bond acceptors (Lipinski definition) is 2. The highest BCUT2D eigenvalue weighted by Gasteiger charge is 1.90. The fourth-order valence-corrected chi connectivity index (χ4v) is 0.373. The number of aromatic hydroxyl groups is 2. The molecule has 42 valence electrons. The van der Waals surface area contributed by atoms with Crippen molar-refractivity contribution in [1.82, 2.24) is 0 Å². The first-order valence-electron chi connectivity index (χ1n) is 3.10. The molecule has 0 bridgehead atoms. The lowest BCUT2D eigenvalue weighted by atomic mass is 10.3. The summed E-state index contributed by atoms with van der Waals surface area (Å²) in [5.41, 5.74) is 0. The van der Waals surface area contributed by atoms with Crippen LogP contribution in [0.4, 0.5) is 0 Å². The van der Waals surface area contributed by atoms with E-state index >= 15 is 0 Å². The predicted molar refractivity (Wildman–Crippen MR) is 29.8 cm³/mol. The van der Waals surface area contributed by atoms with E-state index in [-0.39, 0.29) is 12.1 Å². The Morgan fingerprint density at radius 3 is 2.75 bits per heavy atom. The van der Waals surface area contributed by atoms with Crippen molar-refractivity contribution in [1.29, 1.82) is 0 Å². The third-order valence-electron chi connectivity index (χ3n) is 0.755. The molecule has 0 aliphatic heterocycles. The lowest BCUT2D eigenvalue weighted by Gasteiger charge is -1.91. The van der Waals surface area contributed by atoms with Crippen LogP contribution in [-0.2, 0) is 0 Å². The average Bonchev–Trinajstić information content (AvgIpc) is 1.82. The van der Waals surface area contributed by atoms with Gasteiger partial charge in [0.15, 0.2) is 11.5 Å². The van der Waals surface area contributed by atoms with E-state index < -0.39 is 11.5 Å². The second-order valence-corrected chi connectivity index (χ2v) is 1.33. The van der Waals surface area contributed by atoms with Crippen LogP contribution in [0.15, 0.2) is 24.2 Å². The van der Waals surface area contributed by atoms with Crippen LogP contribution in [0.3, 0.4) is 0 Å². The summed E-state index contributed by atoms with van der Waals surface area (Å²) in [6, 6.07) is 2.01. The Morgan fingerprint density at radius 2 is 2.12 bits per heavy atom. The van der Waals surface area contributed by atoms with Crippen LogP contribution in [0.1, 0.15) is 2.74 Å². The van der Waals surface area contributed by atoms with Crippen molar-refractivity contribution in [3.05, 3.63) is 24.2 Å². The van der Waals surface area contributed by atoms with Crippen LogP contribution in [0, 0.1) is 0 Å². The zero-order chi connectivity index (χ0) is 7.72. The summed E-state index contributed by atoms with van der Waals surface area (Å²) in [5, 5.41) is 17.6. The second-order valence-electron chi connectivity index (χ2n) is 1.33. The van der Waals surface area contributed by atoms with E-state index in [1.807, 2.05) is 0 Å². The smallest absolute Gasteiger partial charge is 0.157 e. The Morgan fingerprint density at radius 1 is 1.38 bits per heavy atom. The highest BCUT2D eigenvalue weighted by Crippen LogP contribution is 2.21. The summed E-state index contributed by atoms with van der Waals surface area (Å²) in [6.45, 7) is 0. The number of phenols is 2. The van der Waals surface area contributed by atoms with Crippen LogP contribution < -0.4 is 0 Å². The fourth-order valence-electron chi connectivity index (χ4n) is 0.373. The van der Waals surface area contributed by atoms with E-state index in [9.17, 15) is 0 Å². The van der Waals surface area contributed by atoms with Gasteiger partial charge in [0, 0.05) is 0 Å². The van der Waals surface area contributed by atoms with Crippen LogP contribution >= 0.6 is 0 Å². The molecule has 0 heterocycles. The number of phenolic OH excluding ortho intramolecular Hbond substituents is 2. The van der Waals surface area contributed by atoms with Crippen molar-refractivity contribution >= 4 is 0 Å². The maximum absolute atomic E-state index is 8.81. The van der Waals surface area contributed by atoms with Crippen molar-refractivity contribution in [3.8, 4) is 11.5 Å². The minimum Gasteiger partial charge on any atom is -0.504 e. The standard InChI is InChI=1S/C6H6O2/c7-5-3-1-2-4-6(5)8/h1-4,7-8H/i1D,4D. The topological polar surface area (TPSA) is 40.5 Å². The first kappa shape index (κ1) is 2.97. The van der Waals surface area contributed by atoms with Gasteiger partial charge in [-0.05, 0) is 12.1 Å². The second kappa shape index (κ2) is 1.74. The van der Waals surface area contributed by atoms with Crippen LogP contribution in [-0.4, -0.2) is 10.2 Å². The van der Waals surface area contributed by atoms with Gasteiger partial charge in [0.2, 0.25) is 0 Å². The molecule has 0 saturated heterocycles. The van der Waals surface area contributed by atoms with Gasteiger partial charge in [-0.3, -0.25) is 0 Å². The number of para-hydroxylation sites is 2. The zero-order valence-corrected chi connectivity index (χ0v) is 4.05. The van der Waals surface area contributed by atoms with Crippen molar-refractivity contribution in [2.75, 3.05) is 0 Å². The molecule has 0 radical (unpaired) electrons. The Kier molecular flexibility index (Phi) is 0.645. The van der Waals surface area contributed by atoms with Gasteiger partial charge in [-0.15, -0.1) is 0 Å². The summed E-state index contributed by atoms with van der Waals surface area (Å²) < 4.78 is 14.0. The molecular formula is C6H6O2. The molecule has 0 aliphatic carbocycles. The van der Waals surface area contributed by atoms with Gasteiger partial charge in [-0.25, -0.2) is 0 Å². The van der Waals surface area contributed by atoms with Gasteiger partial charge in [0.05, 0.1) is 2.74 Å². The number of rotatable bonds is 0. The summed E-state index contributed by atoms with van der Waals surface area (Å²) >= 11 is 0. The fraction of sp³-hybridized carbons (Fsp3) is 0. The quantitative estimate of drug-likeness (QED) is 0.493. The van der Waals surface area contributed by atoms with Crippen molar-refractivity contribution in [3.63, 3.8) is 0 Å². The molecule has 1 aromatic carbocycles. The SMILES string of the molecule is [2H]c1cc([2H])c(O)c(O)c1. The van der Waals surface area contributed by atoms with Crippen LogP contribution in [0.2, 0.25) is 0 Å².